The van der Waals surface area contributed by atoms with Gasteiger partial charge in [0.2, 0.25) is 11.8 Å². The number of benzene rings is 2. The van der Waals surface area contributed by atoms with Crippen molar-refractivity contribution in [3.05, 3.63) is 71.4 Å². The van der Waals surface area contributed by atoms with Crippen molar-refractivity contribution in [1.82, 2.24) is 15.5 Å². The lowest BCUT2D eigenvalue weighted by atomic mass is 10.0. The SMILES string of the molecule is Cc1ccccc1NC(=O)Nc1ccc(CC(=O)NC(CC(C)C)c2noc(CCC(=O)O)n2)cc1. The van der Waals surface area contributed by atoms with E-state index in [-0.39, 0.29) is 43.0 Å². The molecule has 1 atom stereocenters. The van der Waals surface area contributed by atoms with Gasteiger partial charge < -0.3 is 25.6 Å². The molecular formula is C26H31N5O5. The minimum Gasteiger partial charge on any atom is -0.481 e. The summed E-state index contributed by atoms with van der Waals surface area (Å²) in [5.41, 5.74) is 3.07. The van der Waals surface area contributed by atoms with Gasteiger partial charge in [0.05, 0.1) is 18.9 Å². The lowest BCUT2D eigenvalue weighted by Crippen LogP contribution is -2.31. The van der Waals surface area contributed by atoms with Crippen LogP contribution in [0.15, 0.2) is 53.1 Å². The molecule has 0 saturated heterocycles. The van der Waals surface area contributed by atoms with E-state index in [1.165, 1.54) is 0 Å². The first-order valence-corrected chi connectivity index (χ1v) is 11.8. The molecule has 0 aliphatic carbocycles. The molecule has 1 aromatic heterocycles. The molecule has 4 N–H and O–H groups in total. The molecule has 1 unspecified atom stereocenters. The largest absolute Gasteiger partial charge is 0.481 e. The van der Waals surface area contributed by atoms with Crippen molar-refractivity contribution in [2.45, 2.75) is 52.5 Å². The van der Waals surface area contributed by atoms with E-state index in [1.807, 2.05) is 45.0 Å². The fraction of sp³-hybridized carbons (Fsp3) is 0.346. The van der Waals surface area contributed by atoms with Crippen molar-refractivity contribution in [3.63, 3.8) is 0 Å². The fourth-order valence-electron chi connectivity index (χ4n) is 3.56. The molecular weight excluding hydrogens is 462 g/mol. The van der Waals surface area contributed by atoms with Gasteiger partial charge in [-0.3, -0.25) is 9.59 Å². The van der Waals surface area contributed by atoms with E-state index in [0.717, 1.165) is 16.8 Å². The Kier molecular flexibility index (Phi) is 9.15. The Morgan fingerprint density at radius 1 is 1.03 bits per heavy atom. The third kappa shape index (κ3) is 8.23. The Balaban J connectivity index is 1.56. The lowest BCUT2D eigenvalue weighted by Gasteiger charge is -2.17. The number of carboxylic acid groups (broad SMARTS) is 1. The number of hydrogen-bond donors (Lipinski definition) is 4. The average Bonchev–Trinajstić information content (AvgIpc) is 3.29. The van der Waals surface area contributed by atoms with Crippen molar-refractivity contribution >= 4 is 29.3 Å². The van der Waals surface area contributed by atoms with Gasteiger partial charge in [0.25, 0.3) is 0 Å². The molecule has 0 bridgehead atoms. The van der Waals surface area contributed by atoms with Crippen LogP contribution in [0.4, 0.5) is 16.2 Å². The van der Waals surface area contributed by atoms with Crippen LogP contribution in [0.3, 0.4) is 0 Å². The van der Waals surface area contributed by atoms with Crippen LogP contribution >= 0.6 is 0 Å². The predicted molar refractivity (Wildman–Crippen MR) is 135 cm³/mol. The zero-order valence-corrected chi connectivity index (χ0v) is 20.6. The van der Waals surface area contributed by atoms with E-state index in [1.54, 1.807) is 24.3 Å². The quantitative estimate of drug-likeness (QED) is 0.308. The number of nitrogens with zero attached hydrogens (tertiary/aromatic N) is 2. The van der Waals surface area contributed by atoms with E-state index in [9.17, 15) is 14.4 Å². The zero-order chi connectivity index (χ0) is 26.1. The number of anilines is 2. The summed E-state index contributed by atoms with van der Waals surface area (Å²) in [5.74, 6) is -0.348. The Hall–Kier alpha value is -4.21. The van der Waals surface area contributed by atoms with Crippen molar-refractivity contribution in [2.75, 3.05) is 10.6 Å². The molecule has 3 aromatic rings. The first kappa shape index (κ1) is 26.4. The standard InChI is InChI=1S/C26H31N5O5/c1-16(2)14-21(25-30-23(36-31-25)12-13-24(33)34)28-22(32)15-18-8-10-19(11-9-18)27-26(35)29-20-7-5-4-6-17(20)3/h4-11,16,21H,12-15H2,1-3H3,(H,28,32)(H,33,34)(H2,27,29,35). The third-order valence-corrected chi connectivity index (χ3v) is 5.36. The number of nitrogens with one attached hydrogen (secondary N) is 3. The van der Waals surface area contributed by atoms with Gasteiger partial charge in [-0.2, -0.15) is 4.98 Å². The van der Waals surface area contributed by atoms with Crippen LogP contribution in [0.1, 0.15) is 55.6 Å². The summed E-state index contributed by atoms with van der Waals surface area (Å²) in [6, 6.07) is 13.7. The molecule has 3 amide bonds. The molecule has 36 heavy (non-hydrogen) atoms. The third-order valence-electron chi connectivity index (χ3n) is 5.36. The maximum Gasteiger partial charge on any atom is 0.323 e. The number of para-hydroxylation sites is 1. The summed E-state index contributed by atoms with van der Waals surface area (Å²) in [5, 5.41) is 21.3. The highest BCUT2D eigenvalue weighted by molar-refractivity contribution is 6.00. The second kappa shape index (κ2) is 12.5. The Labute approximate surface area is 209 Å². The fourth-order valence-corrected chi connectivity index (χ4v) is 3.56. The molecule has 3 rings (SSSR count). The molecule has 2 aromatic carbocycles. The number of carbonyl (C=O) groups is 3. The molecule has 0 aliphatic rings. The van der Waals surface area contributed by atoms with Crippen LogP contribution in [0.25, 0.3) is 0 Å². The molecule has 190 valence electrons. The number of carboxylic acids is 1. The smallest absolute Gasteiger partial charge is 0.323 e. The molecule has 10 nitrogen and oxygen atoms in total. The summed E-state index contributed by atoms with van der Waals surface area (Å²) in [6.45, 7) is 5.95. The molecule has 1 heterocycles. The number of aromatic nitrogens is 2. The van der Waals surface area contributed by atoms with Crippen LogP contribution in [0, 0.1) is 12.8 Å². The Morgan fingerprint density at radius 2 is 1.75 bits per heavy atom. The second-order valence-corrected chi connectivity index (χ2v) is 8.96. The molecule has 0 saturated carbocycles. The van der Waals surface area contributed by atoms with Crippen LogP contribution in [-0.2, 0) is 22.4 Å². The highest BCUT2D eigenvalue weighted by atomic mass is 16.5. The van der Waals surface area contributed by atoms with Gasteiger partial charge in [-0.1, -0.05) is 49.3 Å². The van der Waals surface area contributed by atoms with Gasteiger partial charge in [0, 0.05) is 17.8 Å². The number of carbonyl (C=O) groups excluding carboxylic acids is 2. The highest BCUT2D eigenvalue weighted by Crippen LogP contribution is 2.20. The van der Waals surface area contributed by atoms with Gasteiger partial charge in [-0.25, -0.2) is 4.79 Å². The zero-order valence-electron chi connectivity index (χ0n) is 20.6. The minimum absolute atomic E-state index is 0.110. The average molecular weight is 494 g/mol. The lowest BCUT2D eigenvalue weighted by molar-refractivity contribution is -0.137. The molecule has 0 fully saturated rings. The predicted octanol–water partition coefficient (Wildman–Crippen LogP) is 4.49. The maximum absolute atomic E-state index is 12.7. The van der Waals surface area contributed by atoms with Gasteiger partial charge in [-0.15, -0.1) is 0 Å². The van der Waals surface area contributed by atoms with Crippen molar-refractivity contribution in [3.8, 4) is 0 Å². The molecule has 0 radical (unpaired) electrons. The summed E-state index contributed by atoms with van der Waals surface area (Å²) >= 11 is 0. The van der Waals surface area contributed by atoms with E-state index < -0.39 is 12.0 Å². The van der Waals surface area contributed by atoms with E-state index >= 15 is 0 Å². The van der Waals surface area contributed by atoms with E-state index in [4.69, 9.17) is 9.63 Å². The van der Waals surface area contributed by atoms with Crippen molar-refractivity contribution < 1.29 is 24.0 Å². The van der Waals surface area contributed by atoms with Gasteiger partial charge in [0.1, 0.15) is 0 Å². The van der Waals surface area contributed by atoms with Gasteiger partial charge >= 0.3 is 12.0 Å². The van der Waals surface area contributed by atoms with Crippen molar-refractivity contribution in [2.24, 2.45) is 5.92 Å². The maximum atomic E-state index is 12.7. The topological polar surface area (TPSA) is 146 Å². The van der Waals surface area contributed by atoms with E-state index in [0.29, 0.717) is 17.9 Å². The molecule has 10 heteroatoms. The van der Waals surface area contributed by atoms with Gasteiger partial charge in [-0.05, 0) is 48.6 Å². The summed E-state index contributed by atoms with van der Waals surface area (Å²) in [4.78, 5) is 40.1. The normalized spacial score (nSPS) is 11.7. The second-order valence-electron chi connectivity index (χ2n) is 8.96. The summed E-state index contributed by atoms with van der Waals surface area (Å²) < 4.78 is 5.15. The number of hydrogen-bond acceptors (Lipinski definition) is 6. The molecule has 0 aliphatic heterocycles. The number of amides is 3. The number of urea groups is 1. The van der Waals surface area contributed by atoms with Crippen LogP contribution < -0.4 is 16.0 Å². The molecule has 0 spiro atoms. The summed E-state index contributed by atoms with van der Waals surface area (Å²) in [7, 11) is 0. The van der Waals surface area contributed by atoms with Crippen LogP contribution in [0.5, 0.6) is 0 Å². The van der Waals surface area contributed by atoms with Crippen LogP contribution in [0.2, 0.25) is 0 Å². The highest BCUT2D eigenvalue weighted by Gasteiger charge is 2.22. The number of aryl methyl sites for hydroxylation is 2. The minimum atomic E-state index is -0.949. The Morgan fingerprint density at radius 3 is 2.42 bits per heavy atom. The monoisotopic (exact) mass is 493 g/mol. The van der Waals surface area contributed by atoms with E-state index in [2.05, 4.69) is 26.1 Å². The first-order valence-electron chi connectivity index (χ1n) is 11.8. The summed E-state index contributed by atoms with van der Waals surface area (Å²) in [6.07, 6.45) is 0.756. The first-order chi connectivity index (χ1) is 17.2. The van der Waals surface area contributed by atoms with Gasteiger partial charge in [0.15, 0.2) is 5.82 Å². The number of aliphatic carboxylic acids is 1. The van der Waals surface area contributed by atoms with Crippen LogP contribution in [-0.4, -0.2) is 33.2 Å². The van der Waals surface area contributed by atoms with Crippen molar-refractivity contribution in [1.29, 1.82) is 0 Å². The Bertz CT molecular complexity index is 1190. The number of rotatable bonds is 11.